The maximum absolute atomic E-state index is 13.0. The Morgan fingerprint density at radius 3 is 2.43 bits per heavy atom. The lowest BCUT2D eigenvalue weighted by molar-refractivity contribution is -0.137. The number of alkyl halides is 3. The number of hydrogen-bond donors (Lipinski definition) is 2. The Bertz CT molecular complexity index is 673. The number of hydrogen-bond acceptors (Lipinski definition) is 3. The summed E-state index contributed by atoms with van der Waals surface area (Å²) in [4.78, 5) is 12.9. The SMILES string of the molecule is CC1(C)C(=N)NC(=O)N1c1ccc(C#N)c(C(F)(F)F)c1. The van der Waals surface area contributed by atoms with Crippen molar-refractivity contribution in [1.29, 1.82) is 10.7 Å². The molecule has 1 fully saturated rings. The van der Waals surface area contributed by atoms with Gasteiger partial charge in [-0.05, 0) is 32.0 Å². The smallest absolute Gasteiger partial charge is 0.294 e. The average Bonchev–Trinajstić information content (AvgIpc) is 2.56. The predicted molar refractivity (Wildman–Crippen MR) is 69.0 cm³/mol. The van der Waals surface area contributed by atoms with E-state index in [9.17, 15) is 18.0 Å². The maximum atomic E-state index is 13.0. The minimum absolute atomic E-state index is 0.0222. The first-order chi connectivity index (χ1) is 9.59. The number of halogens is 3. The maximum Gasteiger partial charge on any atom is 0.417 e. The molecule has 1 aliphatic rings. The van der Waals surface area contributed by atoms with Crippen LogP contribution in [0.3, 0.4) is 0 Å². The second-order valence-electron chi connectivity index (χ2n) is 5.04. The number of carbonyl (C=O) groups excluding carboxylic acids is 1. The van der Waals surface area contributed by atoms with Crippen molar-refractivity contribution >= 4 is 17.6 Å². The van der Waals surface area contributed by atoms with Crippen LogP contribution in [0.15, 0.2) is 18.2 Å². The monoisotopic (exact) mass is 296 g/mol. The standard InChI is InChI=1S/C13H11F3N4O/c1-12(2)10(18)19-11(21)20(12)8-4-3-7(6-17)9(5-8)13(14,15)16/h3-5H,1-2H3,(H2,18,19,21). The Morgan fingerprint density at radius 1 is 1.38 bits per heavy atom. The van der Waals surface area contributed by atoms with Crippen molar-refractivity contribution in [2.24, 2.45) is 0 Å². The van der Waals surface area contributed by atoms with Gasteiger partial charge in [0.25, 0.3) is 0 Å². The molecule has 2 N–H and O–H groups in total. The van der Waals surface area contributed by atoms with Crippen LogP contribution >= 0.6 is 0 Å². The highest BCUT2D eigenvalue weighted by Gasteiger charge is 2.44. The summed E-state index contributed by atoms with van der Waals surface area (Å²) >= 11 is 0. The van der Waals surface area contributed by atoms with E-state index in [1.807, 2.05) is 0 Å². The molecule has 1 aromatic carbocycles. The highest BCUT2D eigenvalue weighted by atomic mass is 19.4. The normalized spacial score (nSPS) is 17.6. The summed E-state index contributed by atoms with van der Waals surface area (Å²) in [7, 11) is 0. The minimum Gasteiger partial charge on any atom is -0.294 e. The summed E-state index contributed by atoms with van der Waals surface area (Å²) in [5.74, 6) is -0.106. The van der Waals surface area contributed by atoms with Crippen LogP contribution in [0, 0.1) is 16.7 Å². The first kappa shape index (κ1) is 14.8. The van der Waals surface area contributed by atoms with Crippen LogP contribution in [0.1, 0.15) is 25.0 Å². The largest absolute Gasteiger partial charge is 0.417 e. The third-order valence-electron chi connectivity index (χ3n) is 3.29. The summed E-state index contributed by atoms with van der Waals surface area (Å²) in [6, 6.07) is 3.82. The second kappa shape index (κ2) is 4.48. The molecule has 8 heteroatoms. The van der Waals surface area contributed by atoms with Gasteiger partial charge in [0.15, 0.2) is 0 Å². The number of nitriles is 1. The summed E-state index contributed by atoms with van der Waals surface area (Å²) < 4.78 is 38.9. The van der Waals surface area contributed by atoms with Gasteiger partial charge in [-0.25, -0.2) is 4.79 Å². The van der Waals surface area contributed by atoms with Gasteiger partial charge >= 0.3 is 12.2 Å². The van der Waals surface area contributed by atoms with Crippen LogP contribution in [-0.2, 0) is 6.18 Å². The molecule has 0 aliphatic carbocycles. The van der Waals surface area contributed by atoms with Gasteiger partial charge in [-0.3, -0.25) is 15.6 Å². The lowest BCUT2D eigenvalue weighted by Gasteiger charge is -2.29. The molecule has 1 saturated heterocycles. The molecule has 2 amide bonds. The Hall–Kier alpha value is -2.56. The third-order valence-corrected chi connectivity index (χ3v) is 3.29. The lowest BCUT2D eigenvalue weighted by atomic mass is 10.0. The first-order valence-electron chi connectivity index (χ1n) is 5.90. The Morgan fingerprint density at radius 2 is 2.00 bits per heavy atom. The van der Waals surface area contributed by atoms with Gasteiger partial charge in [0, 0.05) is 5.69 Å². The van der Waals surface area contributed by atoms with E-state index in [2.05, 4.69) is 5.32 Å². The van der Waals surface area contributed by atoms with Crippen molar-refractivity contribution in [3.05, 3.63) is 29.3 Å². The summed E-state index contributed by atoms with van der Waals surface area (Å²) in [5, 5.41) is 18.7. The summed E-state index contributed by atoms with van der Waals surface area (Å²) in [6.45, 7) is 3.08. The molecule has 110 valence electrons. The number of anilines is 1. The number of benzene rings is 1. The first-order valence-corrected chi connectivity index (χ1v) is 5.90. The van der Waals surface area contributed by atoms with E-state index >= 15 is 0 Å². The molecule has 1 aliphatic heterocycles. The van der Waals surface area contributed by atoms with Crippen molar-refractivity contribution < 1.29 is 18.0 Å². The molecule has 2 rings (SSSR count). The molecule has 0 unspecified atom stereocenters. The molecule has 1 heterocycles. The van der Waals surface area contributed by atoms with Crippen LogP contribution in [0.4, 0.5) is 23.7 Å². The van der Waals surface area contributed by atoms with E-state index in [0.717, 1.165) is 17.0 Å². The van der Waals surface area contributed by atoms with Gasteiger partial charge in [0.1, 0.15) is 11.4 Å². The zero-order chi connectivity index (χ0) is 16.0. The van der Waals surface area contributed by atoms with E-state index in [1.165, 1.54) is 12.1 Å². The molecule has 21 heavy (non-hydrogen) atoms. The van der Waals surface area contributed by atoms with E-state index in [-0.39, 0.29) is 11.5 Å². The fourth-order valence-corrected chi connectivity index (χ4v) is 2.12. The Kier molecular flexibility index (Phi) is 3.17. The van der Waals surface area contributed by atoms with Crippen molar-refractivity contribution in [3.8, 4) is 6.07 Å². The van der Waals surface area contributed by atoms with Crippen LogP contribution < -0.4 is 10.2 Å². The third kappa shape index (κ3) is 2.31. The van der Waals surface area contributed by atoms with E-state index in [0.29, 0.717) is 0 Å². The second-order valence-corrected chi connectivity index (χ2v) is 5.04. The molecular weight excluding hydrogens is 285 g/mol. The van der Waals surface area contributed by atoms with E-state index < -0.39 is 28.9 Å². The Labute approximate surface area is 118 Å². The average molecular weight is 296 g/mol. The zero-order valence-electron chi connectivity index (χ0n) is 11.2. The molecule has 0 spiro atoms. The van der Waals surface area contributed by atoms with E-state index in [4.69, 9.17) is 10.7 Å². The van der Waals surface area contributed by atoms with Gasteiger partial charge in [-0.15, -0.1) is 0 Å². The zero-order valence-corrected chi connectivity index (χ0v) is 11.2. The van der Waals surface area contributed by atoms with Crippen molar-refractivity contribution in [1.82, 2.24) is 5.32 Å². The number of carbonyl (C=O) groups is 1. The number of nitrogens with one attached hydrogen (secondary N) is 2. The molecule has 1 aromatic rings. The fourth-order valence-electron chi connectivity index (χ4n) is 2.12. The molecule has 0 aromatic heterocycles. The molecule has 0 radical (unpaired) electrons. The predicted octanol–water partition coefficient (Wildman–Crippen LogP) is 2.86. The lowest BCUT2D eigenvalue weighted by Crippen LogP contribution is -2.44. The quantitative estimate of drug-likeness (QED) is 0.835. The van der Waals surface area contributed by atoms with Crippen molar-refractivity contribution in [2.75, 3.05) is 4.90 Å². The highest BCUT2D eigenvalue weighted by molar-refractivity contribution is 6.17. The van der Waals surface area contributed by atoms with Crippen LogP contribution in [0.5, 0.6) is 0 Å². The van der Waals surface area contributed by atoms with Gasteiger partial charge < -0.3 is 0 Å². The number of amides is 2. The molecular formula is C13H11F3N4O. The van der Waals surface area contributed by atoms with Gasteiger partial charge in [0.2, 0.25) is 0 Å². The van der Waals surface area contributed by atoms with Gasteiger partial charge in [0.05, 0.1) is 17.2 Å². The highest BCUT2D eigenvalue weighted by Crippen LogP contribution is 2.36. The number of rotatable bonds is 1. The van der Waals surface area contributed by atoms with Gasteiger partial charge in [-0.1, -0.05) is 0 Å². The van der Waals surface area contributed by atoms with Crippen molar-refractivity contribution in [2.45, 2.75) is 25.6 Å². The molecule has 0 bridgehead atoms. The van der Waals surface area contributed by atoms with Crippen LogP contribution in [0.2, 0.25) is 0 Å². The molecule has 0 saturated carbocycles. The van der Waals surface area contributed by atoms with Crippen LogP contribution in [-0.4, -0.2) is 17.4 Å². The topological polar surface area (TPSA) is 80.0 Å². The summed E-state index contributed by atoms with van der Waals surface area (Å²) in [6.07, 6.45) is -4.70. The van der Waals surface area contributed by atoms with Crippen LogP contribution in [0.25, 0.3) is 0 Å². The number of amidine groups is 1. The summed E-state index contributed by atoms with van der Waals surface area (Å²) in [5.41, 5.74) is -2.73. The fraction of sp³-hybridized carbons (Fsp3) is 0.308. The van der Waals surface area contributed by atoms with Gasteiger partial charge in [-0.2, -0.15) is 18.4 Å². The van der Waals surface area contributed by atoms with E-state index in [1.54, 1.807) is 13.8 Å². The Balaban J connectivity index is 2.59. The van der Waals surface area contributed by atoms with Crippen molar-refractivity contribution in [3.63, 3.8) is 0 Å². The number of urea groups is 1. The molecule has 5 nitrogen and oxygen atoms in total. The minimum atomic E-state index is -4.70. The number of nitrogens with zero attached hydrogens (tertiary/aromatic N) is 2. The molecule has 0 atom stereocenters.